The molecule has 3 heteroatoms. The number of carbonyl (C=O) groups excluding carboxylic acids is 1. The summed E-state index contributed by atoms with van der Waals surface area (Å²) in [4.78, 5) is 18.2. The highest BCUT2D eigenvalue weighted by molar-refractivity contribution is 6.18. The van der Waals surface area contributed by atoms with Gasteiger partial charge in [0.1, 0.15) is 6.61 Å². The Labute approximate surface area is 159 Å². The van der Waals surface area contributed by atoms with Gasteiger partial charge in [0, 0.05) is 10.6 Å². The number of rotatable bonds is 5. The van der Waals surface area contributed by atoms with Gasteiger partial charge in [-0.1, -0.05) is 61.9 Å². The number of ketones is 1. The van der Waals surface area contributed by atoms with Crippen LogP contribution in [0.1, 0.15) is 32.3 Å². The van der Waals surface area contributed by atoms with Crippen molar-refractivity contribution in [3.8, 4) is 0 Å². The third-order valence-electron chi connectivity index (χ3n) is 5.17. The van der Waals surface area contributed by atoms with Crippen molar-refractivity contribution in [2.45, 2.75) is 33.3 Å². The minimum absolute atomic E-state index is 0.0462. The van der Waals surface area contributed by atoms with E-state index < -0.39 is 5.41 Å². The molecule has 1 aromatic heterocycles. The number of Topliss-reactive ketones (excluding diaryl/α,β-unsaturated/α-hetero) is 1. The summed E-state index contributed by atoms with van der Waals surface area (Å²) in [5, 5.41) is 2.65. The maximum Gasteiger partial charge on any atom is 0.207 e. The van der Waals surface area contributed by atoms with Crippen molar-refractivity contribution in [1.82, 2.24) is 4.98 Å². The van der Waals surface area contributed by atoms with Crippen molar-refractivity contribution < 1.29 is 9.53 Å². The lowest BCUT2D eigenvalue weighted by atomic mass is 9.77. The molecule has 27 heavy (non-hydrogen) atoms. The molecule has 1 heterocycles. The van der Waals surface area contributed by atoms with E-state index in [0.29, 0.717) is 12.4 Å². The average Bonchev–Trinajstić information content (AvgIpc) is 2.68. The molecule has 136 valence electrons. The Morgan fingerprint density at radius 3 is 2.56 bits per heavy atom. The van der Waals surface area contributed by atoms with Gasteiger partial charge in [-0.15, -0.1) is 0 Å². The van der Waals surface area contributed by atoms with Crippen LogP contribution >= 0.6 is 0 Å². The fourth-order valence-corrected chi connectivity index (χ4v) is 3.75. The molecular formula is C24H23NO2. The van der Waals surface area contributed by atoms with E-state index in [1.54, 1.807) is 0 Å². The summed E-state index contributed by atoms with van der Waals surface area (Å²) in [6.45, 7) is 4.46. The Balaban J connectivity index is 1.89. The Bertz CT molecular complexity index is 1120. The fraction of sp³-hybridized carbons (Fsp3) is 0.250. The Hall–Kier alpha value is -2.94. The van der Waals surface area contributed by atoms with E-state index in [1.165, 1.54) is 0 Å². The van der Waals surface area contributed by atoms with E-state index in [-0.39, 0.29) is 5.78 Å². The van der Waals surface area contributed by atoms with Crippen molar-refractivity contribution in [2.75, 3.05) is 0 Å². The largest absolute Gasteiger partial charge is 0.484 e. The number of para-hydroxylation sites is 1. The lowest BCUT2D eigenvalue weighted by Gasteiger charge is -2.28. The molecular weight excluding hydrogens is 334 g/mol. The summed E-state index contributed by atoms with van der Waals surface area (Å²) >= 11 is 0. The SMILES string of the molecule is CCCC1(C)C=c2nc3ccccc3cc2=C(OCc2ccccc2)C1=O. The highest BCUT2D eigenvalue weighted by Gasteiger charge is 2.36. The van der Waals surface area contributed by atoms with E-state index in [9.17, 15) is 4.79 Å². The van der Waals surface area contributed by atoms with Gasteiger partial charge in [0.15, 0.2) is 5.76 Å². The van der Waals surface area contributed by atoms with E-state index in [4.69, 9.17) is 9.72 Å². The topological polar surface area (TPSA) is 39.2 Å². The molecule has 0 amide bonds. The molecule has 0 aliphatic heterocycles. The zero-order chi connectivity index (χ0) is 18.9. The standard InChI is InChI=1S/C24H23NO2/c1-3-13-24(2)15-21-19(14-18-11-7-8-12-20(18)25-21)22(23(24)26)27-16-17-9-5-4-6-10-17/h4-12,14-15H,3,13,16H2,1-2H3. The van der Waals surface area contributed by atoms with Crippen LogP contribution < -0.4 is 10.6 Å². The maximum absolute atomic E-state index is 13.3. The van der Waals surface area contributed by atoms with Gasteiger partial charge in [-0.3, -0.25) is 4.79 Å². The normalized spacial score (nSPS) is 18.9. The van der Waals surface area contributed by atoms with E-state index in [0.717, 1.165) is 39.9 Å². The second kappa shape index (κ2) is 6.99. The van der Waals surface area contributed by atoms with Gasteiger partial charge >= 0.3 is 0 Å². The molecule has 0 spiro atoms. The number of ether oxygens (including phenoxy) is 1. The monoisotopic (exact) mass is 357 g/mol. The van der Waals surface area contributed by atoms with Crippen LogP contribution in [0.5, 0.6) is 0 Å². The van der Waals surface area contributed by atoms with Gasteiger partial charge < -0.3 is 4.74 Å². The van der Waals surface area contributed by atoms with E-state index in [1.807, 2.05) is 73.7 Å². The number of aromatic nitrogens is 1. The second-order valence-electron chi connectivity index (χ2n) is 7.36. The Kier molecular flexibility index (Phi) is 4.53. The Morgan fingerprint density at radius 1 is 1.04 bits per heavy atom. The number of hydrogen-bond donors (Lipinski definition) is 0. The van der Waals surface area contributed by atoms with Crippen molar-refractivity contribution >= 4 is 28.5 Å². The highest BCUT2D eigenvalue weighted by Crippen LogP contribution is 2.32. The number of nitrogens with zero attached hydrogens (tertiary/aromatic N) is 1. The summed E-state index contributed by atoms with van der Waals surface area (Å²) in [5.74, 6) is 0.482. The van der Waals surface area contributed by atoms with Gasteiger partial charge in [0.25, 0.3) is 0 Å². The van der Waals surface area contributed by atoms with E-state index >= 15 is 0 Å². The summed E-state index contributed by atoms with van der Waals surface area (Å²) in [7, 11) is 0. The Morgan fingerprint density at radius 2 is 1.78 bits per heavy atom. The molecule has 3 aromatic rings. The molecule has 3 nitrogen and oxygen atoms in total. The van der Waals surface area contributed by atoms with Crippen molar-refractivity contribution in [2.24, 2.45) is 5.41 Å². The predicted molar refractivity (Wildman–Crippen MR) is 108 cm³/mol. The van der Waals surface area contributed by atoms with Gasteiger partial charge in [-0.25, -0.2) is 4.98 Å². The molecule has 1 aliphatic carbocycles. The summed E-state index contributed by atoms with van der Waals surface area (Å²) in [6, 6.07) is 19.9. The predicted octanol–water partition coefficient (Wildman–Crippen LogP) is 3.73. The number of benzene rings is 2. The molecule has 4 rings (SSSR count). The minimum Gasteiger partial charge on any atom is -0.484 e. The maximum atomic E-state index is 13.3. The third kappa shape index (κ3) is 3.25. The first-order chi connectivity index (χ1) is 13.1. The molecule has 1 unspecified atom stereocenters. The van der Waals surface area contributed by atoms with Crippen molar-refractivity contribution in [1.29, 1.82) is 0 Å². The fourth-order valence-electron chi connectivity index (χ4n) is 3.75. The number of hydrogen-bond acceptors (Lipinski definition) is 3. The lowest BCUT2D eigenvalue weighted by molar-refractivity contribution is -0.122. The second-order valence-corrected chi connectivity index (χ2v) is 7.36. The van der Waals surface area contributed by atoms with Crippen LogP contribution in [0.3, 0.4) is 0 Å². The van der Waals surface area contributed by atoms with Gasteiger partial charge in [0.2, 0.25) is 5.78 Å². The zero-order valence-corrected chi connectivity index (χ0v) is 15.7. The molecule has 1 atom stereocenters. The summed E-state index contributed by atoms with van der Waals surface area (Å²) in [6.07, 6.45) is 3.72. The van der Waals surface area contributed by atoms with Gasteiger partial charge in [0.05, 0.1) is 16.3 Å². The zero-order valence-electron chi connectivity index (χ0n) is 15.7. The van der Waals surface area contributed by atoms with E-state index in [2.05, 4.69) is 6.92 Å². The first-order valence-corrected chi connectivity index (χ1v) is 9.45. The molecule has 2 aromatic carbocycles. The van der Waals surface area contributed by atoms with Crippen LogP contribution in [-0.4, -0.2) is 10.8 Å². The smallest absolute Gasteiger partial charge is 0.207 e. The molecule has 0 saturated carbocycles. The minimum atomic E-state index is -0.580. The van der Waals surface area contributed by atoms with Crippen molar-refractivity contribution in [3.05, 3.63) is 76.8 Å². The van der Waals surface area contributed by atoms with Crippen LogP contribution in [0.2, 0.25) is 0 Å². The number of pyridine rings is 1. The molecule has 0 saturated heterocycles. The molecule has 0 N–H and O–H groups in total. The van der Waals surface area contributed by atoms with Gasteiger partial charge in [-0.2, -0.15) is 0 Å². The molecule has 0 fully saturated rings. The highest BCUT2D eigenvalue weighted by atomic mass is 16.5. The summed E-state index contributed by atoms with van der Waals surface area (Å²) < 4.78 is 6.11. The molecule has 1 aliphatic rings. The summed E-state index contributed by atoms with van der Waals surface area (Å²) in [5.41, 5.74) is 1.39. The van der Waals surface area contributed by atoms with Crippen LogP contribution in [0.4, 0.5) is 0 Å². The molecule has 0 bridgehead atoms. The van der Waals surface area contributed by atoms with Crippen LogP contribution in [0, 0.1) is 5.41 Å². The number of fused-ring (bicyclic) bond motifs is 2. The van der Waals surface area contributed by atoms with Crippen molar-refractivity contribution in [3.63, 3.8) is 0 Å². The molecule has 0 radical (unpaired) electrons. The number of carbonyl (C=O) groups is 1. The first kappa shape index (κ1) is 17.5. The third-order valence-corrected chi connectivity index (χ3v) is 5.17. The quantitative estimate of drug-likeness (QED) is 0.698. The van der Waals surface area contributed by atoms with Crippen LogP contribution in [0.15, 0.2) is 60.7 Å². The van der Waals surface area contributed by atoms with Gasteiger partial charge in [-0.05, 0) is 37.1 Å². The first-order valence-electron chi connectivity index (χ1n) is 9.45. The van der Waals surface area contributed by atoms with Crippen LogP contribution in [0.25, 0.3) is 22.7 Å². The lowest BCUT2D eigenvalue weighted by Crippen LogP contribution is -2.44. The van der Waals surface area contributed by atoms with Crippen LogP contribution in [-0.2, 0) is 16.1 Å². The average molecular weight is 357 g/mol.